The highest BCUT2D eigenvalue weighted by molar-refractivity contribution is 6.34. The van der Waals surface area contributed by atoms with Crippen molar-refractivity contribution < 1.29 is 4.79 Å². The first-order valence-electron chi connectivity index (χ1n) is 7.30. The molecule has 2 aromatic rings. The van der Waals surface area contributed by atoms with E-state index < -0.39 is 0 Å². The molecule has 1 amide bonds. The van der Waals surface area contributed by atoms with Crippen molar-refractivity contribution in [3.8, 4) is 0 Å². The highest BCUT2D eigenvalue weighted by atomic mass is 35.5. The van der Waals surface area contributed by atoms with Crippen molar-refractivity contribution in [1.82, 2.24) is 15.3 Å². The Morgan fingerprint density at radius 1 is 1.36 bits per heavy atom. The van der Waals surface area contributed by atoms with Gasteiger partial charge in [0.25, 0.3) is 5.91 Å². The molecule has 0 aliphatic heterocycles. The normalized spacial score (nSPS) is 12.2. The van der Waals surface area contributed by atoms with Gasteiger partial charge >= 0.3 is 0 Å². The molecule has 0 spiro atoms. The van der Waals surface area contributed by atoms with Gasteiger partial charge in [-0.3, -0.25) is 4.79 Å². The summed E-state index contributed by atoms with van der Waals surface area (Å²) in [6.45, 7) is 6.73. The molecule has 0 saturated carbocycles. The van der Waals surface area contributed by atoms with Crippen molar-refractivity contribution >= 4 is 23.2 Å². The Kier molecular flexibility index (Phi) is 5.44. The molecule has 118 valence electrons. The monoisotopic (exact) mass is 320 g/mol. The fourth-order valence-corrected chi connectivity index (χ4v) is 2.08. The Morgan fingerprint density at radius 3 is 2.77 bits per heavy atom. The van der Waals surface area contributed by atoms with Crippen LogP contribution in [-0.4, -0.2) is 21.9 Å². The summed E-state index contributed by atoms with van der Waals surface area (Å²) in [5.74, 6) is 0.973. The van der Waals surface area contributed by atoms with Crippen LogP contribution in [0.15, 0.2) is 30.6 Å². The third kappa shape index (κ3) is 4.24. The number of H-pyrrole nitrogens is 1. The van der Waals surface area contributed by atoms with Gasteiger partial charge in [-0.2, -0.15) is 0 Å². The van der Waals surface area contributed by atoms with Crippen LogP contribution in [-0.2, 0) is 6.54 Å². The maximum absolute atomic E-state index is 12.3. The molecule has 0 saturated heterocycles. The predicted molar refractivity (Wildman–Crippen MR) is 89.1 cm³/mol. The molecule has 0 aliphatic rings. The minimum atomic E-state index is -0.220. The summed E-state index contributed by atoms with van der Waals surface area (Å²) in [6.07, 6.45) is 3.36. The zero-order valence-electron chi connectivity index (χ0n) is 13.0. The van der Waals surface area contributed by atoms with Crippen LogP contribution in [0.1, 0.15) is 37.0 Å². The van der Waals surface area contributed by atoms with E-state index in [-0.39, 0.29) is 5.91 Å². The first-order chi connectivity index (χ1) is 10.5. The number of aromatic nitrogens is 2. The number of carbonyl (C=O) groups is 1. The number of hydrogen-bond acceptors (Lipinski definition) is 3. The van der Waals surface area contributed by atoms with Gasteiger partial charge in [0.1, 0.15) is 5.82 Å². The van der Waals surface area contributed by atoms with Crippen molar-refractivity contribution in [2.24, 2.45) is 5.92 Å². The summed E-state index contributed by atoms with van der Waals surface area (Å²) < 4.78 is 0. The molecule has 0 fully saturated rings. The number of amides is 1. The Bertz CT molecular complexity index is 625. The lowest BCUT2D eigenvalue weighted by Gasteiger charge is -2.19. The molecule has 1 heterocycles. The van der Waals surface area contributed by atoms with Gasteiger partial charge in [-0.05, 0) is 31.0 Å². The Labute approximate surface area is 135 Å². The highest BCUT2D eigenvalue weighted by Crippen LogP contribution is 2.22. The lowest BCUT2D eigenvalue weighted by atomic mass is 10.1. The van der Waals surface area contributed by atoms with Crippen molar-refractivity contribution in [3.05, 3.63) is 47.0 Å². The van der Waals surface area contributed by atoms with E-state index in [0.29, 0.717) is 34.9 Å². The summed E-state index contributed by atoms with van der Waals surface area (Å²) in [4.78, 5) is 19.3. The van der Waals surface area contributed by atoms with Crippen LogP contribution in [0.3, 0.4) is 0 Å². The Hall–Kier alpha value is -2.01. The number of benzene rings is 1. The van der Waals surface area contributed by atoms with Crippen LogP contribution in [0.5, 0.6) is 0 Å². The minimum Gasteiger partial charge on any atom is -0.382 e. The fraction of sp³-hybridized carbons (Fsp3) is 0.375. The topological polar surface area (TPSA) is 69.8 Å². The molecule has 0 bridgehead atoms. The second-order valence-electron chi connectivity index (χ2n) is 5.59. The summed E-state index contributed by atoms with van der Waals surface area (Å²) in [5, 5.41) is 6.61. The average Bonchev–Trinajstić information content (AvgIpc) is 3.00. The zero-order chi connectivity index (χ0) is 16.1. The first kappa shape index (κ1) is 16.4. The number of carbonyl (C=O) groups excluding carboxylic acids is 1. The molecule has 2 rings (SSSR count). The van der Waals surface area contributed by atoms with Gasteiger partial charge in [0.2, 0.25) is 0 Å². The van der Waals surface area contributed by atoms with Crippen LogP contribution in [0.25, 0.3) is 0 Å². The van der Waals surface area contributed by atoms with E-state index >= 15 is 0 Å². The number of hydrogen-bond donors (Lipinski definition) is 3. The largest absolute Gasteiger partial charge is 0.382 e. The van der Waals surface area contributed by atoms with Gasteiger partial charge in [-0.15, -0.1) is 0 Å². The maximum atomic E-state index is 12.3. The molecule has 6 heteroatoms. The summed E-state index contributed by atoms with van der Waals surface area (Å²) >= 11 is 6.14. The van der Waals surface area contributed by atoms with E-state index in [2.05, 4.69) is 41.4 Å². The second kappa shape index (κ2) is 7.31. The quantitative estimate of drug-likeness (QED) is 0.763. The molecule has 5 nitrogen and oxygen atoms in total. The van der Waals surface area contributed by atoms with Gasteiger partial charge in [-0.25, -0.2) is 4.98 Å². The second-order valence-corrected chi connectivity index (χ2v) is 6.00. The standard InChI is InChI=1S/C16H21ClN4O/c1-10(2)11(3)21-12-4-5-14(17)13(8-12)16(22)20-9-15-18-6-7-19-15/h4-8,10-11,21H,9H2,1-3H3,(H,18,19)(H,20,22)/t11-/m0/s1. The summed E-state index contributed by atoms with van der Waals surface area (Å²) in [5.41, 5.74) is 1.34. The number of nitrogens with zero attached hydrogens (tertiary/aromatic N) is 1. The number of nitrogens with one attached hydrogen (secondary N) is 3. The van der Waals surface area contributed by atoms with Gasteiger partial charge in [0.05, 0.1) is 17.1 Å². The number of halogens is 1. The van der Waals surface area contributed by atoms with Gasteiger partial charge in [-0.1, -0.05) is 25.4 Å². The van der Waals surface area contributed by atoms with Crippen molar-refractivity contribution in [3.63, 3.8) is 0 Å². The molecular weight excluding hydrogens is 300 g/mol. The van der Waals surface area contributed by atoms with Gasteiger partial charge in [0, 0.05) is 24.1 Å². The first-order valence-corrected chi connectivity index (χ1v) is 7.67. The van der Waals surface area contributed by atoms with E-state index in [1.165, 1.54) is 0 Å². The minimum absolute atomic E-state index is 0.220. The summed E-state index contributed by atoms with van der Waals surface area (Å²) in [7, 11) is 0. The lowest BCUT2D eigenvalue weighted by molar-refractivity contribution is 0.0950. The molecule has 1 aromatic carbocycles. The van der Waals surface area contributed by atoms with E-state index in [1.54, 1.807) is 24.5 Å². The van der Waals surface area contributed by atoms with Gasteiger partial charge in [0.15, 0.2) is 0 Å². The molecule has 0 aliphatic carbocycles. The lowest BCUT2D eigenvalue weighted by Crippen LogP contribution is -2.25. The third-order valence-electron chi connectivity index (χ3n) is 3.58. The van der Waals surface area contributed by atoms with Crippen LogP contribution in [0.4, 0.5) is 5.69 Å². The van der Waals surface area contributed by atoms with Gasteiger partial charge < -0.3 is 15.6 Å². The SMILES string of the molecule is CC(C)[C@H](C)Nc1ccc(Cl)c(C(=O)NCc2ncc[nH]2)c1. The molecule has 1 aromatic heterocycles. The van der Waals surface area contributed by atoms with E-state index in [1.807, 2.05) is 6.07 Å². The number of aromatic amines is 1. The fourth-order valence-electron chi connectivity index (χ4n) is 1.87. The predicted octanol–water partition coefficient (Wildman–Crippen LogP) is 3.45. The average molecular weight is 321 g/mol. The zero-order valence-corrected chi connectivity index (χ0v) is 13.7. The number of anilines is 1. The van der Waals surface area contributed by atoms with Crippen LogP contribution < -0.4 is 10.6 Å². The van der Waals surface area contributed by atoms with Crippen molar-refractivity contribution in [1.29, 1.82) is 0 Å². The molecule has 0 radical (unpaired) electrons. The van der Waals surface area contributed by atoms with Crippen LogP contribution in [0, 0.1) is 5.92 Å². The summed E-state index contributed by atoms with van der Waals surface area (Å²) in [6, 6.07) is 5.70. The Morgan fingerprint density at radius 2 is 2.14 bits per heavy atom. The van der Waals surface area contributed by atoms with E-state index in [9.17, 15) is 4.79 Å². The molecule has 1 atom stereocenters. The van der Waals surface area contributed by atoms with E-state index in [0.717, 1.165) is 5.69 Å². The van der Waals surface area contributed by atoms with Crippen LogP contribution >= 0.6 is 11.6 Å². The maximum Gasteiger partial charge on any atom is 0.253 e. The smallest absolute Gasteiger partial charge is 0.253 e. The van der Waals surface area contributed by atoms with Crippen molar-refractivity contribution in [2.45, 2.75) is 33.4 Å². The number of imidazole rings is 1. The van der Waals surface area contributed by atoms with E-state index in [4.69, 9.17) is 11.6 Å². The molecular formula is C16H21ClN4O. The molecule has 22 heavy (non-hydrogen) atoms. The third-order valence-corrected chi connectivity index (χ3v) is 3.91. The number of rotatable bonds is 6. The van der Waals surface area contributed by atoms with Crippen molar-refractivity contribution in [2.75, 3.05) is 5.32 Å². The molecule has 3 N–H and O–H groups in total. The highest BCUT2D eigenvalue weighted by Gasteiger charge is 2.13. The molecule has 0 unspecified atom stereocenters. The van der Waals surface area contributed by atoms with Crippen LogP contribution in [0.2, 0.25) is 5.02 Å². The Balaban J connectivity index is 2.07.